The van der Waals surface area contributed by atoms with Gasteiger partial charge in [-0.3, -0.25) is 4.98 Å². The summed E-state index contributed by atoms with van der Waals surface area (Å²) in [5, 5.41) is 0. The summed E-state index contributed by atoms with van der Waals surface area (Å²) in [5.74, 6) is 1.13. The van der Waals surface area contributed by atoms with E-state index in [2.05, 4.69) is 9.97 Å². The minimum Gasteiger partial charge on any atom is -0.496 e. The zero-order valence-electron chi connectivity index (χ0n) is 14.4. The van der Waals surface area contributed by atoms with E-state index in [1.165, 1.54) is 12.3 Å². The molecule has 1 unspecified atom stereocenters. The van der Waals surface area contributed by atoms with Gasteiger partial charge in [0.1, 0.15) is 17.4 Å². The first-order valence-corrected chi connectivity index (χ1v) is 7.96. The maximum Gasteiger partial charge on any atom is 0.141 e. The van der Waals surface area contributed by atoms with Crippen molar-refractivity contribution in [1.82, 2.24) is 14.5 Å². The molecule has 2 heterocycles. The molecule has 0 fully saturated rings. The van der Waals surface area contributed by atoms with Crippen LogP contribution in [0.5, 0.6) is 5.75 Å². The maximum absolute atomic E-state index is 13.2. The third-order valence-corrected chi connectivity index (χ3v) is 4.03. The van der Waals surface area contributed by atoms with E-state index < -0.39 is 0 Å². The average molecular weight is 341 g/mol. The second kappa shape index (κ2) is 7.44. The number of benzene rings is 1. The molecule has 0 saturated carbocycles. The molecule has 0 spiro atoms. The molecule has 1 atom stereocenters. The fourth-order valence-corrected chi connectivity index (χ4v) is 2.65. The fraction of sp³-hybridized carbons (Fsp3) is 0.263. The highest BCUT2D eigenvalue weighted by Crippen LogP contribution is 2.33. The van der Waals surface area contributed by atoms with Gasteiger partial charge in [-0.05, 0) is 37.3 Å². The van der Waals surface area contributed by atoms with Gasteiger partial charge in [-0.2, -0.15) is 0 Å². The molecule has 3 rings (SSSR count). The summed E-state index contributed by atoms with van der Waals surface area (Å²) in [6.45, 7) is 2.70. The molecule has 2 aromatic heterocycles. The van der Waals surface area contributed by atoms with Gasteiger partial charge in [-0.1, -0.05) is 0 Å². The van der Waals surface area contributed by atoms with Gasteiger partial charge in [0.05, 0.1) is 31.6 Å². The average Bonchev–Trinajstić information content (AvgIpc) is 3.09. The maximum atomic E-state index is 13.2. The number of rotatable bonds is 6. The number of pyridine rings is 1. The van der Waals surface area contributed by atoms with Crippen LogP contribution in [0.3, 0.4) is 0 Å². The summed E-state index contributed by atoms with van der Waals surface area (Å²) in [6.07, 6.45) is 4.95. The van der Waals surface area contributed by atoms with E-state index in [0.717, 1.165) is 17.0 Å². The Hall–Kier alpha value is -2.73. The molecule has 130 valence electrons. The van der Waals surface area contributed by atoms with Gasteiger partial charge in [0.25, 0.3) is 0 Å². The molecule has 5 nitrogen and oxygen atoms in total. The molecular weight excluding hydrogens is 321 g/mol. The second-order valence-corrected chi connectivity index (χ2v) is 5.73. The van der Waals surface area contributed by atoms with Crippen LogP contribution in [-0.2, 0) is 11.3 Å². The topological polar surface area (TPSA) is 49.2 Å². The molecule has 6 heteroatoms. The van der Waals surface area contributed by atoms with Crippen LogP contribution in [0.15, 0.2) is 48.9 Å². The summed E-state index contributed by atoms with van der Waals surface area (Å²) in [7, 11) is 3.29. The van der Waals surface area contributed by atoms with Crippen molar-refractivity contribution in [2.24, 2.45) is 0 Å². The van der Waals surface area contributed by atoms with Gasteiger partial charge >= 0.3 is 0 Å². The number of hydrogen-bond acceptors (Lipinski definition) is 4. The van der Waals surface area contributed by atoms with Crippen molar-refractivity contribution in [2.45, 2.75) is 19.6 Å². The summed E-state index contributed by atoms with van der Waals surface area (Å²) >= 11 is 0. The van der Waals surface area contributed by atoms with Crippen LogP contribution >= 0.6 is 0 Å². The van der Waals surface area contributed by atoms with Crippen molar-refractivity contribution in [3.63, 3.8) is 0 Å². The molecular formula is C19H20FN3O2. The normalized spacial score (nSPS) is 12.2. The molecule has 0 bridgehead atoms. The van der Waals surface area contributed by atoms with Crippen molar-refractivity contribution in [2.75, 3.05) is 14.2 Å². The molecule has 0 aliphatic rings. The van der Waals surface area contributed by atoms with E-state index in [4.69, 9.17) is 9.47 Å². The van der Waals surface area contributed by atoms with Gasteiger partial charge < -0.3 is 14.0 Å². The summed E-state index contributed by atoms with van der Waals surface area (Å²) in [5.41, 5.74) is 2.35. The first-order chi connectivity index (χ1) is 12.1. The van der Waals surface area contributed by atoms with Crippen molar-refractivity contribution < 1.29 is 13.9 Å². The predicted molar refractivity (Wildman–Crippen MR) is 93.9 cm³/mol. The number of hydrogen-bond donors (Lipinski definition) is 0. The van der Waals surface area contributed by atoms with Gasteiger partial charge in [-0.25, -0.2) is 9.37 Å². The minimum atomic E-state index is -0.372. The first-order valence-electron chi connectivity index (χ1n) is 7.96. The Bertz CT molecular complexity index is 846. The number of imidazole rings is 1. The van der Waals surface area contributed by atoms with Crippen LogP contribution in [0.2, 0.25) is 0 Å². The second-order valence-electron chi connectivity index (χ2n) is 5.73. The Kier molecular flexibility index (Phi) is 5.09. The van der Waals surface area contributed by atoms with Gasteiger partial charge in [0.15, 0.2) is 0 Å². The predicted octanol–water partition coefficient (Wildman–Crippen LogP) is 3.79. The van der Waals surface area contributed by atoms with Crippen molar-refractivity contribution in [3.05, 3.63) is 54.7 Å². The van der Waals surface area contributed by atoms with Crippen LogP contribution in [-0.4, -0.2) is 34.9 Å². The standard InChI is InChI=1S/C19H20FN3O2/c1-13(24-2)12-23-9-8-21-19(23)14-4-7-18(25-3)16(10-14)17-6-5-15(20)11-22-17/h4-11,13H,12H2,1-3H3. The minimum absolute atomic E-state index is 0.0735. The lowest BCUT2D eigenvalue weighted by atomic mass is 10.1. The van der Waals surface area contributed by atoms with Crippen LogP contribution in [0.25, 0.3) is 22.6 Å². The summed E-state index contributed by atoms with van der Waals surface area (Å²) < 4.78 is 26.0. The lowest BCUT2D eigenvalue weighted by Gasteiger charge is -2.14. The third kappa shape index (κ3) is 3.69. The Balaban J connectivity index is 2.03. The van der Waals surface area contributed by atoms with Gasteiger partial charge in [0, 0.05) is 30.6 Å². The smallest absolute Gasteiger partial charge is 0.141 e. The summed E-state index contributed by atoms with van der Waals surface area (Å²) in [4.78, 5) is 8.63. The highest BCUT2D eigenvalue weighted by Gasteiger charge is 2.14. The molecule has 0 N–H and O–H groups in total. The van der Waals surface area contributed by atoms with E-state index >= 15 is 0 Å². The Labute approximate surface area is 146 Å². The van der Waals surface area contributed by atoms with E-state index in [1.807, 2.05) is 35.9 Å². The molecule has 0 aliphatic heterocycles. The van der Waals surface area contributed by atoms with Gasteiger partial charge in [0.2, 0.25) is 0 Å². The van der Waals surface area contributed by atoms with E-state index in [1.54, 1.807) is 26.5 Å². The molecule has 0 radical (unpaired) electrons. The Morgan fingerprint density at radius 2 is 2.00 bits per heavy atom. The van der Waals surface area contributed by atoms with E-state index in [-0.39, 0.29) is 11.9 Å². The van der Waals surface area contributed by atoms with Gasteiger partial charge in [-0.15, -0.1) is 0 Å². The lowest BCUT2D eigenvalue weighted by molar-refractivity contribution is 0.103. The molecule has 0 aliphatic carbocycles. The molecule has 25 heavy (non-hydrogen) atoms. The first kappa shape index (κ1) is 17.1. The molecule has 0 amide bonds. The number of aromatic nitrogens is 3. The Morgan fingerprint density at radius 1 is 1.16 bits per heavy atom. The van der Waals surface area contributed by atoms with Crippen LogP contribution in [0, 0.1) is 5.82 Å². The lowest BCUT2D eigenvalue weighted by Crippen LogP contribution is -2.14. The molecule has 0 saturated heterocycles. The summed E-state index contributed by atoms with van der Waals surface area (Å²) in [6, 6.07) is 8.79. The fourth-order valence-electron chi connectivity index (χ4n) is 2.65. The largest absolute Gasteiger partial charge is 0.496 e. The van der Waals surface area contributed by atoms with Crippen LogP contribution < -0.4 is 4.74 Å². The Morgan fingerprint density at radius 3 is 2.68 bits per heavy atom. The third-order valence-electron chi connectivity index (χ3n) is 4.03. The van der Waals surface area contributed by atoms with Crippen molar-refractivity contribution >= 4 is 0 Å². The SMILES string of the molecule is COc1ccc(-c2nccn2CC(C)OC)cc1-c1ccc(F)cn1. The molecule has 1 aromatic carbocycles. The zero-order chi connectivity index (χ0) is 17.8. The van der Waals surface area contributed by atoms with Crippen LogP contribution in [0.4, 0.5) is 4.39 Å². The highest BCUT2D eigenvalue weighted by molar-refractivity contribution is 5.73. The van der Waals surface area contributed by atoms with Crippen LogP contribution in [0.1, 0.15) is 6.92 Å². The number of methoxy groups -OCH3 is 2. The van der Waals surface area contributed by atoms with E-state index in [9.17, 15) is 4.39 Å². The van der Waals surface area contributed by atoms with E-state index in [0.29, 0.717) is 18.0 Å². The zero-order valence-corrected chi connectivity index (χ0v) is 14.4. The molecule has 3 aromatic rings. The van der Waals surface area contributed by atoms with Crippen molar-refractivity contribution in [1.29, 1.82) is 0 Å². The van der Waals surface area contributed by atoms with Crippen molar-refractivity contribution in [3.8, 4) is 28.4 Å². The monoisotopic (exact) mass is 341 g/mol. The number of halogens is 1. The quantitative estimate of drug-likeness (QED) is 0.684. The number of nitrogens with zero attached hydrogens (tertiary/aromatic N) is 3. The number of ether oxygens (including phenoxy) is 2. The highest BCUT2D eigenvalue weighted by atomic mass is 19.1.